The third kappa shape index (κ3) is 7.34. The number of thioether (sulfide) groups is 1. The number of benzene rings is 2. The van der Waals surface area contributed by atoms with Gasteiger partial charge in [0.15, 0.2) is 11.0 Å². The van der Waals surface area contributed by atoms with Gasteiger partial charge in [0, 0.05) is 17.3 Å². The van der Waals surface area contributed by atoms with Crippen LogP contribution in [0.5, 0.6) is 5.75 Å². The monoisotopic (exact) mass is 544 g/mol. The number of esters is 2. The van der Waals surface area contributed by atoms with Crippen LogP contribution in [0.4, 0.5) is 5.69 Å². The second-order valence-corrected chi connectivity index (χ2v) is 8.97. The van der Waals surface area contributed by atoms with Crippen molar-refractivity contribution in [3.8, 4) is 5.75 Å². The predicted molar refractivity (Wildman–Crippen MR) is 139 cm³/mol. The molecule has 12 heteroatoms. The zero-order valence-electron chi connectivity index (χ0n) is 20.4. The third-order valence-corrected chi connectivity index (χ3v) is 6.38. The van der Waals surface area contributed by atoms with Crippen molar-refractivity contribution in [2.24, 2.45) is 0 Å². The fourth-order valence-corrected chi connectivity index (χ4v) is 4.08. The molecule has 0 aliphatic heterocycles. The fourth-order valence-electron chi connectivity index (χ4n) is 3.20. The van der Waals surface area contributed by atoms with Gasteiger partial charge >= 0.3 is 11.9 Å². The maximum Gasteiger partial charge on any atom is 0.337 e. The molecule has 0 unspecified atom stereocenters. The van der Waals surface area contributed by atoms with E-state index in [-0.39, 0.29) is 35.1 Å². The lowest BCUT2D eigenvalue weighted by atomic mass is 10.1. The lowest BCUT2D eigenvalue weighted by Gasteiger charge is -2.11. The average Bonchev–Trinajstić information content (AvgIpc) is 3.28. The molecule has 2 aromatic carbocycles. The molecule has 194 valence electrons. The van der Waals surface area contributed by atoms with Gasteiger partial charge in [0.1, 0.15) is 12.4 Å². The molecule has 37 heavy (non-hydrogen) atoms. The number of nitrogens with zero attached hydrogens (tertiary/aromatic N) is 3. The van der Waals surface area contributed by atoms with Crippen LogP contribution in [0.2, 0.25) is 5.02 Å². The number of allylic oxidation sites excluding steroid dienone is 1. The first kappa shape index (κ1) is 27.8. The van der Waals surface area contributed by atoms with Gasteiger partial charge in [-0.2, -0.15) is 0 Å². The third-order valence-electron chi connectivity index (χ3n) is 4.99. The zero-order valence-corrected chi connectivity index (χ0v) is 22.0. The molecule has 0 atom stereocenters. The van der Waals surface area contributed by atoms with Crippen LogP contribution in [-0.2, 0) is 27.4 Å². The molecular weight excluding hydrogens is 520 g/mol. The van der Waals surface area contributed by atoms with E-state index in [1.807, 2.05) is 13.0 Å². The minimum absolute atomic E-state index is 0.0114. The van der Waals surface area contributed by atoms with Crippen molar-refractivity contribution in [3.63, 3.8) is 0 Å². The van der Waals surface area contributed by atoms with E-state index < -0.39 is 11.9 Å². The van der Waals surface area contributed by atoms with Crippen LogP contribution in [-0.4, -0.2) is 52.6 Å². The van der Waals surface area contributed by atoms with Gasteiger partial charge in [-0.15, -0.1) is 16.8 Å². The molecule has 1 heterocycles. The molecule has 1 aromatic heterocycles. The van der Waals surface area contributed by atoms with Crippen molar-refractivity contribution in [2.75, 3.05) is 25.3 Å². The number of amides is 1. The van der Waals surface area contributed by atoms with Crippen LogP contribution in [0.25, 0.3) is 0 Å². The van der Waals surface area contributed by atoms with Crippen molar-refractivity contribution in [3.05, 3.63) is 76.6 Å². The number of methoxy groups -OCH3 is 2. The van der Waals surface area contributed by atoms with E-state index in [9.17, 15) is 14.4 Å². The van der Waals surface area contributed by atoms with Gasteiger partial charge in [0.25, 0.3) is 0 Å². The first-order valence-electron chi connectivity index (χ1n) is 10.9. The summed E-state index contributed by atoms with van der Waals surface area (Å²) in [7, 11) is 2.44. The first-order valence-corrected chi connectivity index (χ1v) is 12.3. The quantitative estimate of drug-likeness (QED) is 0.214. The number of aryl methyl sites for hydroxylation is 1. The van der Waals surface area contributed by atoms with Gasteiger partial charge < -0.3 is 19.5 Å². The molecule has 0 saturated heterocycles. The smallest absolute Gasteiger partial charge is 0.337 e. The summed E-state index contributed by atoms with van der Waals surface area (Å²) in [6, 6.07) is 9.51. The van der Waals surface area contributed by atoms with E-state index in [1.165, 1.54) is 32.4 Å². The Labute approximate surface area is 222 Å². The topological polar surface area (TPSA) is 122 Å². The summed E-state index contributed by atoms with van der Waals surface area (Å²) < 4.78 is 17.1. The maximum atomic E-state index is 12.7. The second-order valence-electron chi connectivity index (χ2n) is 7.62. The van der Waals surface area contributed by atoms with Gasteiger partial charge in [-0.05, 0) is 48.9 Å². The lowest BCUT2D eigenvalue weighted by molar-refractivity contribution is -0.113. The molecule has 0 aliphatic rings. The van der Waals surface area contributed by atoms with E-state index in [0.29, 0.717) is 28.3 Å². The molecule has 0 fully saturated rings. The number of nitrogens with one attached hydrogen (secondary N) is 1. The van der Waals surface area contributed by atoms with Gasteiger partial charge in [-0.3, -0.25) is 9.36 Å². The molecule has 0 saturated carbocycles. The van der Waals surface area contributed by atoms with E-state index in [0.717, 1.165) is 17.3 Å². The molecule has 0 radical (unpaired) electrons. The predicted octanol–water partition coefficient (Wildman–Crippen LogP) is 4.31. The fraction of sp³-hybridized carbons (Fsp3) is 0.240. The van der Waals surface area contributed by atoms with Crippen molar-refractivity contribution >= 4 is 46.9 Å². The van der Waals surface area contributed by atoms with Crippen LogP contribution >= 0.6 is 23.4 Å². The average molecular weight is 545 g/mol. The molecule has 3 aromatic rings. The SMILES string of the molecule is C=CCn1c(COc2ccc(Cl)c(C)c2)nnc1SCC(=O)Nc1cc(C(=O)OC)cc(C(=O)OC)c1. The highest BCUT2D eigenvalue weighted by molar-refractivity contribution is 7.99. The number of halogens is 1. The van der Waals surface area contributed by atoms with Crippen LogP contribution in [0, 0.1) is 6.92 Å². The summed E-state index contributed by atoms with van der Waals surface area (Å²) in [5, 5.41) is 12.2. The minimum Gasteiger partial charge on any atom is -0.486 e. The van der Waals surface area contributed by atoms with Gasteiger partial charge in [-0.25, -0.2) is 9.59 Å². The highest BCUT2D eigenvalue weighted by Gasteiger charge is 2.17. The molecule has 1 N–H and O–H groups in total. The molecule has 10 nitrogen and oxygen atoms in total. The van der Waals surface area contributed by atoms with Crippen molar-refractivity contribution in [1.29, 1.82) is 0 Å². The molecule has 0 aliphatic carbocycles. The number of aromatic nitrogens is 3. The highest BCUT2D eigenvalue weighted by Crippen LogP contribution is 2.23. The number of carbonyl (C=O) groups is 3. The van der Waals surface area contributed by atoms with Crippen molar-refractivity contribution < 1.29 is 28.6 Å². The highest BCUT2D eigenvalue weighted by atomic mass is 35.5. The largest absolute Gasteiger partial charge is 0.486 e. The minimum atomic E-state index is -0.656. The van der Waals surface area contributed by atoms with Crippen LogP contribution < -0.4 is 10.1 Å². The Hall–Kier alpha value is -3.83. The number of ether oxygens (including phenoxy) is 3. The van der Waals surface area contributed by atoms with E-state index in [1.54, 1.807) is 22.8 Å². The maximum absolute atomic E-state index is 12.7. The molecular formula is C25H25ClN4O6S. The van der Waals surface area contributed by atoms with E-state index in [4.69, 9.17) is 25.8 Å². The molecule has 0 bridgehead atoms. The Balaban J connectivity index is 1.68. The summed E-state index contributed by atoms with van der Waals surface area (Å²) in [5.74, 6) is -0.505. The summed E-state index contributed by atoms with van der Waals surface area (Å²) in [6.07, 6.45) is 1.69. The number of anilines is 1. The van der Waals surface area contributed by atoms with E-state index >= 15 is 0 Å². The Morgan fingerprint density at radius 3 is 2.35 bits per heavy atom. The van der Waals surface area contributed by atoms with Crippen molar-refractivity contribution in [1.82, 2.24) is 14.8 Å². The molecule has 1 amide bonds. The summed E-state index contributed by atoms with van der Waals surface area (Å²) >= 11 is 7.23. The Kier molecular flexibility index (Phi) is 9.70. The van der Waals surface area contributed by atoms with Crippen LogP contribution in [0.1, 0.15) is 32.1 Å². The Morgan fingerprint density at radius 1 is 1.08 bits per heavy atom. The Morgan fingerprint density at radius 2 is 1.76 bits per heavy atom. The number of rotatable bonds is 11. The van der Waals surface area contributed by atoms with Crippen molar-refractivity contribution in [2.45, 2.75) is 25.2 Å². The summed E-state index contributed by atoms with van der Waals surface area (Å²) in [4.78, 5) is 36.6. The Bertz CT molecular complexity index is 1290. The number of carbonyl (C=O) groups excluding carboxylic acids is 3. The van der Waals surface area contributed by atoms with Gasteiger partial charge in [-0.1, -0.05) is 29.4 Å². The standard InChI is InChI=1S/C25H25ClN4O6S/c1-5-8-30-21(13-36-19-6-7-20(26)15(2)9-19)28-29-25(30)37-14-22(31)27-18-11-16(23(32)34-3)10-17(12-18)24(33)35-4/h5-7,9-12H,1,8,13-14H2,2-4H3,(H,27,31). The normalized spacial score (nSPS) is 10.5. The van der Waals surface area contributed by atoms with Crippen LogP contribution in [0.15, 0.2) is 54.2 Å². The second kappa shape index (κ2) is 12.9. The van der Waals surface area contributed by atoms with Gasteiger partial charge in [0.2, 0.25) is 5.91 Å². The number of hydrogen-bond donors (Lipinski definition) is 1. The summed E-state index contributed by atoms with van der Waals surface area (Å²) in [6.45, 7) is 6.23. The van der Waals surface area contributed by atoms with Gasteiger partial charge in [0.05, 0.1) is 31.1 Å². The number of hydrogen-bond acceptors (Lipinski definition) is 9. The zero-order chi connectivity index (χ0) is 26.9. The molecule has 0 spiro atoms. The van der Waals surface area contributed by atoms with Crippen LogP contribution in [0.3, 0.4) is 0 Å². The summed E-state index contributed by atoms with van der Waals surface area (Å²) in [5.41, 5.74) is 1.33. The lowest BCUT2D eigenvalue weighted by Crippen LogP contribution is -2.16. The molecule has 3 rings (SSSR count). The first-order chi connectivity index (χ1) is 17.7. The van der Waals surface area contributed by atoms with E-state index in [2.05, 4.69) is 22.1 Å².